The van der Waals surface area contributed by atoms with Gasteiger partial charge < -0.3 is 5.11 Å². The third-order valence-corrected chi connectivity index (χ3v) is 8.37. The summed E-state index contributed by atoms with van der Waals surface area (Å²) in [4.78, 5) is 24.8. The number of aliphatic hydroxyl groups excluding tert-OH is 1. The average molecular weight is 588 g/mol. The number of ketones is 2. The molecular weight excluding hydrogens is 516 g/mol. The number of carbonyl (C=O) groups is 2. The monoisotopic (exact) mass is 588 g/mol. The maximum Gasteiger partial charge on any atom is 0.139 e. The van der Waals surface area contributed by atoms with Crippen LogP contribution in [0.4, 0.5) is 0 Å². The second kappa shape index (κ2) is 34.3. The molecule has 42 heavy (non-hydrogen) atoms. The molecule has 0 heterocycles. The molecule has 3 heteroatoms. The molecule has 0 aromatic rings. The fourth-order valence-electron chi connectivity index (χ4n) is 5.48. The molecule has 0 aliphatic carbocycles. The van der Waals surface area contributed by atoms with Gasteiger partial charge in [0.1, 0.15) is 11.6 Å². The van der Waals surface area contributed by atoms with Crippen LogP contribution in [-0.4, -0.2) is 23.3 Å². The molecule has 0 fully saturated rings. The summed E-state index contributed by atoms with van der Waals surface area (Å²) in [5.74, 6) is -0.574. The van der Waals surface area contributed by atoms with Crippen molar-refractivity contribution in [1.82, 2.24) is 0 Å². The van der Waals surface area contributed by atoms with Crippen LogP contribution in [0.5, 0.6) is 0 Å². The molecule has 0 aliphatic rings. The van der Waals surface area contributed by atoms with Gasteiger partial charge in [0, 0.05) is 19.3 Å². The summed E-state index contributed by atoms with van der Waals surface area (Å²) >= 11 is 0. The van der Waals surface area contributed by atoms with E-state index in [-0.39, 0.29) is 18.2 Å². The van der Waals surface area contributed by atoms with E-state index in [4.69, 9.17) is 0 Å². The molecule has 0 aromatic carbocycles. The van der Waals surface area contributed by atoms with E-state index in [2.05, 4.69) is 38.2 Å². The normalized spacial score (nSPS) is 12.5. The summed E-state index contributed by atoms with van der Waals surface area (Å²) in [6.07, 6.45) is 44.0. The minimum Gasteiger partial charge on any atom is -0.396 e. The van der Waals surface area contributed by atoms with E-state index in [1.807, 2.05) is 0 Å². The third kappa shape index (κ3) is 30.2. The van der Waals surface area contributed by atoms with Gasteiger partial charge in [-0.2, -0.15) is 0 Å². The van der Waals surface area contributed by atoms with Gasteiger partial charge in [-0.1, -0.05) is 141 Å². The first-order valence-electron chi connectivity index (χ1n) is 18.5. The van der Waals surface area contributed by atoms with Gasteiger partial charge >= 0.3 is 0 Å². The van der Waals surface area contributed by atoms with Crippen molar-refractivity contribution in [2.45, 2.75) is 194 Å². The van der Waals surface area contributed by atoms with Crippen LogP contribution >= 0.6 is 0 Å². The lowest BCUT2D eigenvalue weighted by Gasteiger charge is -2.12. The predicted octanol–water partition coefficient (Wildman–Crippen LogP) is 12.0. The molecule has 0 aliphatic heterocycles. The zero-order valence-electron chi connectivity index (χ0n) is 28.2. The maximum atomic E-state index is 12.5. The Morgan fingerprint density at radius 3 is 1.19 bits per heavy atom. The lowest BCUT2D eigenvalue weighted by Crippen LogP contribution is -2.22. The number of aliphatic hydroxyl groups is 1. The van der Waals surface area contributed by atoms with Gasteiger partial charge in [-0.25, -0.2) is 0 Å². The molecule has 0 rings (SSSR count). The summed E-state index contributed by atoms with van der Waals surface area (Å²) in [7, 11) is 0. The maximum absolute atomic E-state index is 12.5. The van der Waals surface area contributed by atoms with Crippen LogP contribution in [0.15, 0.2) is 24.3 Å². The van der Waals surface area contributed by atoms with E-state index < -0.39 is 5.92 Å². The molecule has 0 saturated heterocycles. The highest BCUT2D eigenvalue weighted by atomic mass is 16.3. The van der Waals surface area contributed by atoms with Gasteiger partial charge in [-0.3, -0.25) is 9.59 Å². The number of hydrogen-bond donors (Lipinski definition) is 1. The van der Waals surface area contributed by atoms with Crippen LogP contribution in [0.2, 0.25) is 0 Å². The molecular formula is C39H71O3. The Morgan fingerprint density at radius 1 is 0.476 bits per heavy atom. The molecule has 0 aromatic heterocycles. The fraction of sp³-hybridized carbons (Fsp3) is 0.821. The third-order valence-electron chi connectivity index (χ3n) is 8.37. The Bertz CT molecular complexity index is 636. The highest BCUT2D eigenvalue weighted by molar-refractivity contribution is 5.94. The summed E-state index contributed by atoms with van der Waals surface area (Å²) in [5.41, 5.74) is 0. The first-order valence-corrected chi connectivity index (χ1v) is 18.5. The standard InChI is InChI=1S/C39H71O3/c1-3-5-7-9-11-13-15-17-19-21-23-25-27-29-31-33-38(41)35-37(36-40)39(42)34-32-30-28-26-24-22-20-18-16-14-12-10-8-6-4-2/h17-20,35,37,40H,3-16,21-34,36H2,1-2H3/b19-17-,20-18-. The van der Waals surface area contributed by atoms with E-state index in [9.17, 15) is 14.7 Å². The topological polar surface area (TPSA) is 54.4 Å². The summed E-state index contributed by atoms with van der Waals surface area (Å²) in [6.45, 7) is 4.28. The zero-order chi connectivity index (χ0) is 30.8. The lowest BCUT2D eigenvalue weighted by atomic mass is 9.93. The van der Waals surface area contributed by atoms with Crippen molar-refractivity contribution in [1.29, 1.82) is 0 Å². The van der Waals surface area contributed by atoms with E-state index >= 15 is 0 Å². The molecule has 0 saturated carbocycles. The van der Waals surface area contributed by atoms with Crippen LogP contribution in [0.25, 0.3) is 0 Å². The van der Waals surface area contributed by atoms with Gasteiger partial charge in [0.2, 0.25) is 0 Å². The Hall–Kier alpha value is -1.22. The second-order valence-corrected chi connectivity index (χ2v) is 12.6. The summed E-state index contributed by atoms with van der Waals surface area (Å²) in [5, 5.41) is 9.66. The molecule has 1 N–H and O–H groups in total. The van der Waals surface area contributed by atoms with Gasteiger partial charge in [-0.05, 0) is 64.2 Å². The summed E-state index contributed by atoms with van der Waals surface area (Å²) < 4.78 is 0. The van der Waals surface area contributed by atoms with Crippen LogP contribution in [0.1, 0.15) is 194 Å². The van der Waals surface area contributed by atoms with Crippen molar-refractivity contribution in [2.75, 3.05) is 6.61 Å². The Labute approximate surface area is 262 Å². The molecule has 1 atom stereocenters. The van der Waals surface area contributed by atoms with Crippen molar-refractivity contribution in [3.63, 3.8) is 0 Å². The van der Waals surface area contributed by atoms with E-state index in [1.165, 1.54) is 128 Å². The number of allylic oxidation sites excluding steroid dienone is 4. The average Bonchev–Trinajstić information content (AvgIpc) is 2.99. The number of carbonyl (C=O) groups excluding carboxylic acids is 2. The number of rotatable bonds is 34. The molecule has 0 spiro atoms. The van der Waals surface area contributed by atoms with Gasteiger partial charge in [-0.15, -0.1) is 0 Å². The predicted molar refractivity (Wildman–Crippen MR) is 184 cm³/mol. The van der Waals surface area contributed by atoms with Crippen LogP contribution in [0.3, 0.4) is 0 Å². The van der Waals surface area contributed by atoms with E-state index in [0.717, 1.165) is 44.9 Å². The number of hydrogen-bond acceptors (Lipinski definition) is 3. The number of unbranched alkanes of at least 4 members (excludes halogenated alkanes) is 22. The van der Waals surface area contributed by atoms with Gasteiger partial charge in [0.05, 0.1) is 12.5 Å². The van der Waals surface area contributed by atoms with Crippen LogP contribution < -0.4 is 0 Å². The first kappa shape index (κ1) is 40.8. The highest BCUT2D eigenvalue weighted by Crippen LogP contribution is 2.16. The second-order valence-electron chi connectivity index (χ2n) is 12.6. The quantitative estimate of drug-likeness (QED) is 0.0601. The minimum absolute atomic E-state index is 0.0181. The van der Waals surface area contributed by atoms with E-state index in [1.54, 1.807) is 0 Å². The van der Waals surface area contributed by atoms with Crippen molar-refractivity contribution < 1.29 is 14.7 Å². The van der Waals surface area contributed by atoms with Crippen molar-refractivity contribution in [3.05, 3.63) is 30.7 Å². The molecule has 3 nitrogen and oxygen atoms in total. The van der Waals surface area contributed by atoms with Crippen LogP contribution in [-0.2, 0) is 9.59 Å². The molecule has 0 bridgehead atoms. The van der Waals surface area contributed by atoms with Crippen molar-refractivity contribution >= 4 is 11.6 Å². The lowest BCUT2D eigenvalue weighted by molar-refractivity contribution is -0.126. The Morgan fingerprint density at radius 2 is 0.810 bits per heavy atom. The zero-order valence-corrected chi connectivity index (χ0v) is 28.2. The van der Waals surface area contributed by atoms with Crippen LogP contribution in [0, 0.1) is 12.3 Å². The fourth-order valence-corrected chi connectivity index (χ4v) is 5.48. The SMILES string of the molecule is CCCCCCCC/C=C\CCCCCCCC(=O)[CH]C(CO)C(=O)CCCCCCC/C=C\CCCCCCCC. The Balaban J connectivity index is 3.61. The molecule has 0 amide bonds. The van der Waals surface area contributed by atoms with Gasteiger partial charge in [0.15, 0.2) is 0 Å². The molecule has 245 valence electrons. The van der Waals surface area contributed by atoms with Gasteiger partial charge in [0.25, 0.3) is 0 Å². The van der Waals surface area contributed by atoms with Crippen molar-refractivity contribution in [2.24, 2.45) is 5.92 Å². The van der Waals surface area contributed by atoms with E-state index in [0.29, 0.717) is 12.8 Å². The smallest absolute Gasteiger partial charge is 0.139 e. The largest absolute Gasteiger partial charge is 0.396 e. The Kier molecular flexibility index (Phi) is 33.3. The van der Waals surface area contributed by atoms with Crippen molar-refractivity contribution in [3.8, 4) is 0 Å². The summed E-state index contributed by atoms with van der Waals surface area (Å²) in [6, 6.07) is 0. The molecule has 1 unspecified atom stereocenters. The molecule has 1 radical (unpaired) electrons. The first-order chi connectivity index (χ1) is 20.7. The highest BCUT2D eigenvalue weighted by Gasteiger charge is 2.20. The minimum atomic E-state index is -0.614. The number of Topliss-reactive ketones (excluding diaryl/α,β-unsaturated/α-hetero) is 2.